The van der Waals surface area contributed by atoms with Crippen LogP contribution in [0, 0.1) is 30.4 Å². The summed E-state index contributed by atoms with van der Waals surface area (Å²) in [4.78, 5) is 16.8. The zero-order valence-corrected chi connectivity index (χ0v) is 23.5. The number of carbonyl (C=O) groups is 1. The van der Waals surface area contributed by atoms with Crippen molar-refractivity contribution in [1.82, 2.24) is 4.98 Å². The number of halogens is 3. The van der Waals surface area contributed by atoms with Crippen LogP contribution in [-0.4, -0.2) is 51.6 Å². The third-order valence-electron chi connectivity index (χ3n) is 8.37. The molecule has 2 aromatic carbocycles. The lowest BCUT2D eigenvalue weighted by Crippen LogP contribution is -2.57. The molecule has 1 heterocycles. The second-order valence-electron chi connectivity index (χ2n) is 10.8. The molecule has 12 heteroatoms. The van der Waals surface area contributed by atoms with Crippen LogP contribution in [0.15, 0.2) is 59.5 Å². The number of benzene rings is 2. The predicted octanol–water partition coefficient (Wildman–Crippen LogP) is 4.36. The number of rotatable bonds is 7. The lowest BCUT2D eigenvalue weighted by Gasteiger charge is -2.46. The molecule has 0 saturated heterocycles. The summed E-state index contributed by atoms with van der Waals surface area (Å²) in [5.74, 6) is -4.21. The molecule has 5 rings (SSSR count). The van der Waals surface area contributed by atoms with E-state index in [1.165, 1.54) is 18.2 Å². The van der Waals surface area contributed by atoms with E-state index < -0.39 is 62.3 Å². The fourth-order valence-electron chi connectivity index (χ4n) is 6.24. The van der Waals surface area contributed by atoms with Crippen molar-refractivity contribution in [3.8, 4) is 0 Å². The molecule has 0 radical (unpaired) electrons. The van der Waals surface area contributed by atoms with Crippen LogP contribution in [0.25, 0.3) is 0 Å². The maximum atomic E-state index is 13.8. The van der Waals surface area contributed by atoms with Gasteiger partial charge in [-0.05, 0) is 86.9 Å². The van der Waals surface area contributed by atoms with Crippen LogP contribution in [-0.2, 0) is 9.84 Å². The highest BCUT2D eigenvalue weighted by atomic mass is 35.5. The van der Waals surface area contributed by atoms with E-state index in [1.807, 2.05) is 0 Å². The first-order valence-electron chi connectivity index (χ1n) is 13.1. The molecule has 4 atom stereocenters. The zero-order chi connectivity index (χ0) is 29.7. The Kier molecular flexibility index (Phi) is 7.95. The molecule has 2 saturated carbocycles. The van der Waals surface area contributed by atoms with Gasteiger partial charge in [-0.2, -0.15) is 0 Å². The normalized spacial score (nSPS) is 25.5. The lowest BCUT2D eigenvalue weighted by molar-refractivity contribution is -0.178. The van der Waals surface area contributed by atoms with Gasteiger partial charge in [-0.25, -0.2) is 17.2 Å². The van der Waals surface area contributed by atoms with Gasteiger partial charge >= 0.3 is 0 Å². The number of aromatic nitrogens is 1. The van der Waals surface area contributed by atoms with E-state index in [2.05, 4.69) is 10.3 Å². The molecule has 4 N–H and O–H groups in total. The van der Waals surface area contributed by atoms with E-state index in [9.17, 15) is 37.3 Å². The molecule has 2 bridgehead atoms. The van der Waals surface area contributed by atoms with Crippen LogP contribution < -0.4 is 5.32 Å². The number of hydrogen-bond donors (Lipinski definition) is 4. The van der Waals surface area contributed by atoms with Crippen molar-refractivity contribution in [2.75, 3.05) is 5.32 Å². The molecule has 2 aliphatic carbocycles. The Morgan fingerprint density at radius 1 is 1.05 bits per heavy atom. The number of nitrogens with zero attached hydrogens (tertiary/aromatic N) is 1. The minimum atomic E-state index is -4.10. The number of anilines is 1. The monoisotopic (exact) mass is 606 g/mol. The van der Waals surface area contributed by atoms with Gasteiger partial charge in [0.25, 0.3) is 5.91 Å². The van der Waals surface area contributed by atoms with Crippen molar-refractivity contribution >= 4 is 33.0 Å². The molecule has 1 aromatic heterocycles. The van der Waals surface area contributed by atoms with E-state index in [4.69, 9.17) is 11.6 Å². The smallest absolute Gasteiger partial charge is 0.255 e. The van der Waals surface area contributed by atoms with E-state index in [1.54, 1.807) is 25.1 Å². The van der Waals surface area contributed by atoms with Crippen LogP contribution in [0.4, 0.5) is 14.5 Å². The van der Waals surface area contributed by atoms with Gasteiger partial charge in [0.1, 0.15) is 12.2 Å². The van der Waals surface area contributed by atoms with Gasteiger partial charge < -0.3 is 20.6 Å². The first-order valence-corrected chi connectivity index (χ1v) is 15.1. The average Bonchev–Trinajstić information content (AvgIpc) is 3.10. The number of nitrogens with one attached hydrogen (secondary N) is 1. The number of aliphatic hydroxyl groups is 3. The number of sulfone groups is 1. The summed E-state index contributed by atoms with van der Waals surface area (Å²) >= 11 is 6.29. The van der Waals surface area contributed by atoms with Crippen molar-refractivity contribution in [3.63, 3.8) is 0 Å². The van der Waals surface area contributed by atoms with Crippen molar-refractivity contribution in [2.24, 2.45) is 11.8 Å². The standard InChI is InChI=1S/C29H29ClF2N2O6S/c1-15-3-2-4-24(33-15)26(35)27(36)29(38)17-6-7-18(29)13-20(12-17)41(39,40)25-11-16(5-9-21(25)30)28(37)34-19-8-10-22(31)23(32)14-19/h2-5,8-11,14,17-18,20,26-27,35-36,38H,6-7,12-13H2,1H3,(H,34,37). The molecular weight excluding hydrogens is 578 g/mol. The Hall–Kier alpha value is -2.96. The maximum absolute atomic E-state index is 13.8. The number of carbonyl (C=O) groups excluding carboxylic acids is 1. The lowest BCUT2D eigenvalue weighted by atomic mass is 9.69. The Balaban J connectivity index is 1.37. The molecule has 218 valence electrons. The van der Waals surface area contributed by atoms with Gasteiger partial charge in [0.2, 0.25) is 0 Å². The van der Waals surface area contributed by atoms with E-state index >= 15 is 0 Å². The van der Waals surface area contributed by atoms with Gasteiger partial charge in [0, 0.05) is 23.0 Å². The van der Waals surface area contributed by atoms with Gasteiger partial charge in [-0.3, -0.25) is 9.78 Å². The highest BCUT2D eigenvalue weighted by Crippen LogP contribution is 2.55. The number of aliphatic hydroxyl groups excluding tert-OH is 2. The summed E-state index contributed by atoms with van der Waals surface area (Å²) in [5.41, 5.74) is -0.941. The number of amides is 1. The molecule has 1 amide bonds. The Labute approximate surface area is 240 Å². The van der Waals surface area contributed by atoms with Gasteiger partial charge in [0.05, 0.1) is 26.5 Å². The molecule has 0 spiro atoms. The Morgan fingerprint density at radius 2 is 1.73 bits per heavy atom. The fraction of sp³-hybridized carbons (Fsp3) is 0.379. The summed E-state index contributed by atoms with van der Waals surface area (Å²) < 4.78 is 54.4. The largest absolute Gasteiger partial charge is 0.387 e. The highest BCUT2D eigenvalue weighted by Gasteiger charge is 2.60. The number of fused-ring (bicyclic) bond motifs is 2. The van der Waals surface area contributed by atoms with Crippen LogP contribution >= 0.6 is 11.6 Å². The summed E-state index contributed by atoms with van der Waals surface area (Å²) in [6.07, 6.45) is -2.09. The summed E-state index contributed by atoms with van der Waals surface area (Å²) in [7, 11) is -4.10. The van der Waals surface area contributed by atoms with E-state index in [0.717, 1.165) is 18.2 Å². The van der Waals surface area contributed by atoms with Crippen molar-refractivity contribution in [3.05, 3.63) is 88.2 Å². The first-order chi connectivity index (χ1) is 19.3. The molecule has 3 aromatic rings. The maximum Gasteiger partial charge on any atom is 0.255 e. The summed E-state index contributed by atoms with van der Waals surface area (Å²) in [5, 5.41) is 35.0. The number of aryl methyl sites for hydroxylation is 1. The number of pyridine rings is 1. The van der Waals surface area contributed by atoms with Crippen LogP contribution in [0.1, 0.15) is 53.5 Å². The topological polar surface area (TPSA) is 137 Å². The van der Waals surface area contributed by atoms with Crippen LogP contribution in [0.2, 0.25) is 5.02 Å². The quantitative estimate of drug-likeness (QED) is 0.314. The second kappa shape index (κ2) is 11.0. The SMILES string of the molecule is Cc1cccc(C(O)C(O)C2(O)C3CCC2CC(S(=O)(=O)c2cc(C(=O)Nc4ccc(F)c(F)c4)ccc2Cl)C3)n1. The molecule has 4 unspecified atom stereocenters. The van der Waals surface area contributed by atoms with Crippen molar-refractivity contribution in [2.45, 2.75) is 60.6 Å². The Morgan fingerprint density at radius 3 is 2.37 bits per heavy atom. The van der Waals surface area contributed by atoms with Crippen LogP contribution in [0.5, 0.6) is 0 Å². The van der Waals surface area contributed by atoms with Crippen molar-refractivity contribution in [1.29, 1.82) is 0 Å². The molecule has 8 nitrogen and oxygen atoms in total. The average molecular weight is 607 g/mol. The molecular formula is C29H29ClF2N2O6S. The zero-order valence-electron chi connectivity index (χ0n) is 22.0. The third kappa shape index (κ3) is 5.37. The summed E-state index contributed by atoms with van der Waals surface area (Å²) in [6, 6.07) is 11.5. The van der Waals surface area contributed by atoms with E-state index in [-0.39, 0.29) is 39.7 Å². The predicted molar refractivity (Wildman–Crippen MR) is 147 cm³/mol. The first kappa shape index (κ1) is 29.5. The van der Waals surface area contributed by atoms with Gasteiger partial charge in [0.15, 0.2) is 21.5 Å². The molecule has 41 heavy (non-hydrogen) atoms. The molecule has 2 aliphatic rings. The molecule has 2 fully saturated rings. The second-order valence-corrected chi connectivity index (χ2v) is 13.4. The molecule has 0 aliphatic heterocycles. The van der Waals surface area contributed by atoms with Gasteiger partial charge in [-0.1, -0.05) is 17.7 Å². The highest BCUT2D eigenvalue weighted by molar-refractivity contribution is 7.92. The fourth-order valence-corrected chi connectivity index (χ4v) is 8.64. The van der Waals surface area contributed by atoms with Gasteiger partial charge in [-0.15, -0.1) is 0 Å². The minimum absolute atomic E-state index is 0.0157. The number of hydrogen-bond acceptors (Lipinski definition) is 7. The van der Waals surface area contributed by atoms with Crippen molar-refractivity contribution < 1.29 is 37.3 Å². The Bertz CT molecular complexity index is 1590. The van der Waals surface area contributed by atoms with Crippen LogP contribution in [0.3, 0.4) is 0 Å². The minimum Gasteiger partial charge on any atom is -0.387 e. The van der Waals surface area contributed by atoms with E-state index in [0.29, 0.717) is 18.5 Å². The summed E-state index contributed by atoms with van der Waals surface area (Å²) in [6.45, 7) is 1.74. The third-order valence-corrected chi connectivity index (χ3v) is 11.0.